The van der Waals surface area contributed by atoms with Gasteiger partial charge in [-0.2, -0.15) is 0 Å². The summed E-state index contributed by atoms with van der Waals surface area (Å²) in [5.41, 5.74) is 1.86. The van der Waals surface area contributed by atoms with E-state index in [0.29, 0.717) is 13.1 Å². The number of nitrogens with one attached hydrogen (secondary N) is 1. The minimum atomic E-state index is -0.538. The van der Waals surface area contributed by atoms with Crippen molar-refractivity contribution in [3.8, 4) is 0 Å². The van der Waals surface area contributed by atoms with E-state index < -0.39 is 11.7 Å². The lowest BCUT2D eigenvalue weighted by molar-refractivity contribution is 0.0947. The molecule has 0 atom stereocenters. The van der Waals surface area contributed by atoms with Gasteiger partial charge in [-0.25, -0.2) is 4.39 Å². The van der Waals surface area contributed by atoms with E-state index in [1.165, 1.54) is 18.2 Å². The van der Waals surface area contributed by atoms with Crippen molar-refractivity contribution in [1.29, 1.82) is 0 Å². The third kappa shape index (κ3) is 4.20. The van der Waals surface area contributed by atoms with Gasteiger partial charge in [-0.1, -0.05) is 42.5 Å². The minimum absolute atomic E-state index is 0.0302. The van der Waals surface area contributed by atoms with Gasteiger partial charge in [0.1, 0.15) is 5.82 Å². The molecular formula is C20H17FN2O2. The standard InChI is InChI=1S/C20H17FN2O2/c21-18-6-2-1-5-17(18)20(25)22-13-15-8-10-16(11-9-15)14-23-12-4-3-7-19(23)24/h1-12H,13-14H2,(H,22,25). The molecule has 1 aromatic heterocycles. The topological polar surface area (TPSA) is 51.1 Å². The van der Waals surface area contributed by atoms with Crippen LogP contribution in [-0.4, -0.2) is 10.5 Å². The summed E-state index contributed by atoms with van der Waals surface area (Å²) in [7, 11) is 0. The normalized spacial score (nSPS) is 10.4. The van der Waals surface area contributed by atoms with Crippen LogP contribution < -0.4 is 10.9 Å². The van der Waals surface area contributed by atoms with Crippen molar-refractivity contribution in [2.75, 3.05) is 0 Å². The molecule has 0 saturated carbocycles. The second-order valence-electron chi connectivity index (χ2n) is 5.65. The minimum Gasteiger partial charge on any atom is -0.348 e. The summed E-state index contributed by atoms with van der Waals surface area (Å²) in [4.78, 5) is 23.7. The first-order valence-electron chi connectivity index (χ1n) is 7.89. The van der Waals surface area contributed by atoms with E-state index in [1.807, 2.05) is 30.3 Å². The molecule has 0 bridgehead atoms. The third-order valence-electron chi connectivity index (χ3n) is 3.85. The molecule has 0 radical (unpaired) electrons. The van der Waals surface area contributed by atoms with Crippen LogP contribution in [0.2, 0.25) is 0 Å². The van der Waals surface area contributed by atoms with Gasteiger partial charge < -0.3 is 9.88 Å². The number of aromatic nitrogens is 1. The van der Waals surface area contributed by atoms with Gasteiger partial charge in [0.05, 0.1) is 12.1 Å². The first kappa shape index (κ1) is 16.6. The Labute approximate surface area is 144 Å². The zero-order valence-electron chi connectivity index (χ0n) is 13.5. The maximum Gasteiger partial charge on any atom is 0.254 e. The molecule has 0 aliphatic rings. The lowest BCUT2D eigenvalue weighted by atomic mass is 10.1. The molecule has 0 saturated heterocycles. The smallest absolute Gasteiger partial charge is 0.254 e. The Morgan fingerprint density at radius 2 is 1.60 bits per heavy atom. The monoisotopic (exact) mass is 336 g/mol. The highest BCUT2D eigenvalue weighted by molar-refractivity contribution is 5.94. The van der Waals surface area contributed by atoms with Gasteiger partial charge in [-0.05, 0) is 29.3 Å². The van der Waals surface area contributed by atoms with Crippen LogP contribution in [0.5, 0.6) is 0 Å². The lowest BCUT2D eigenvalue weighted by Gasteiger charge is -2.08. The van der Waals surface area contributed by atoms with Gasteiger partial charge in [-0.3, -0.25) is 9.59 Å². The summed E-state index contributed by atoms with van der Waals surface area (Å²) in [5.74, 6) is -0.985. The van der Waals surface area contributed by atoms with Gasteiger partial charge in [0.15, 0.2) is 0 Å². The number of benzene rings is 2. The van der Waals surface area contributed by atoms with Crippen LogP contribution in [0.1, 0.15) is 21.5 Å². The molecule has 1 N–H and O–H groups in total. The second-order valence-corrected chi connectivity index (χ2v) is 5.65. The molecule has 3 aromatic rings. The fraction of sp³-hybridized carbons (Fsp3) is 0.100. The average Bonchev–Trinajstić information content (AvgIpc) is 2.63. The average molecular weight is 336 g/mol. The van der Waals surface area contributed by atoms with E-state index in [4.69, 9.17) is 0 Å². The van der Waals surface area contributed by atoms with E-state index in [2.05, 4.69) is 5.32 Å². The summed E-state index contributed by atoms with van der Waals surface area (Å²) in [5, 5.41) is 2.70. The van der Waals surface area contributed by atoms with E-state index in [0.717, 1.165) is 11.1 Å². The Hall–Kier alpha value is -3.21. The molecule has 0 spiro atoms. The Balaban J connectivity index is 1.61. The number of halogens is 1. The van der Waals surface area contributed by atoms with Crippen LogP contribution in [-0.2, 0) is 13.1 Å². The Kier molecular flexibility index (Phi) is 5.04. The Bertz CT molecular complexity index is 933. The van der Waals surface area contributed by atoms with Crippen LogP contribution in [0.25, 0.3) is 0 Å². The predicted octanol–water partition coefficient (Wildman–Crippen LogP) is 2.97. The molecule has 0 fully saturated rings. The lowest BCUT2D eigenvalue weighted by Crippen LogP contribution is -2.23. The Morgan fingerprint density at radius 1 is 0.920 bits per heavy atom. The quantitative estimate of drug-likeness (QED) is 0.779. The number of amides is 1. The van der Waals surface area contributed by atoms with Crippen molar-refractivity contribution in [2.24, 2.45) is 0 Å². The summed E-state index contributed by atoms with van der Waals surface area (Å²) in [6, 6.07) is 18.5. The number of pyridine rings is 1. The number of hydrogen-bond donors (Lipinski definition) is 1. The van der Waals surface area contributed by atoms with E-state index in [9.17, 15) is 14.0 Å². The summed E-state index contributed by atoms with van der Waals surface area (Å²) >= 11 is 0. The third-order valence-corrected chi connectivity index (χ3v) is 3.85. The summed E-state index contributed by atoms with van der Waals surface area (Å²) in [6.07, 6.45) is 1.74. The zero-order valence-corrected chi connectivity index (χ0v) is 13.5. The fourth-order valence-electron chi connectivity index (χ4n) is 2.47. The molecule has 3 rings (SSSR count). The second kappa shape index (κ2) is 7.57. The highest BCUT2D eigenvalue weighted by Crippen LogP contribution is 2.08. The van der Waals surface area contributed by atoms with Crippen molar-refractivity contribution in [3.05, 3.63) is 106 Å². The van der Waals surface area contributed by atoms with E-state index in [1.54, 1.807) is 29.0 Å². The first-order valence-corrected chi connectivity index (χ1v) is 7.89. The number of carbonyl (C=O) groups excluding carboxylic acids is 1. The fourth-order valence-corrected chi connectivity index (χ4v) is 2.47. The molecular weight excluding hydrogens is 319 g/mol. The van der Waals surface area contributed by atoms with Crippen molar-refractivity contribution in [1.82, 2.24) is 9.88 Å². The van der Waals surface area contributed by atoms with Crippen LogP contribution >= 0.6 is 0 Å². The number of carbonyl (C=O) groups is 1. The van der Waals surface area contributed by atoms with Gasteiger partial charge in [0, 0.05) is 18.8 Å². The predicted molar refractivity (Wildman–Crippen MR) is 93.8 cm³/mol. The highest BCUT2D eigenvalue weighted by atomic mass is 19.1. The highest BCUT2D eigenvalue weighted by Gasteiger charge is 2.10. The molecule has 25 heavy (non-hydrogen) atoms. The molecule has 0 unspecified atom stereocenters. The van der Waals surface area contributed by atoms with Crippen molar-refractivity contribution >= 4 is 5.91 Å². The molecule has 0 aliphatic heterocycles. The molecule has 1 heterocycles. The van der Waals surface area contributed by atoms with E-state index >= 15 is 0 Å². The number of hydrogen-bond acceptors (Lipinski definition) is 2. The van der Waals surface area contributed by atoms with Gasteiger partial charge >= 0.3 is 0 Å². The number of rotatable bonds is 5. The molecule has 4 nitrogen and oxygen atoms in total. The molecule has 126 valence electrons. The van der Waals surface area contributed by atoms with Crippen molar-refractivity contribution in [2.45, 2.75) is 13.1 Å². The van der Waals surface area contributed by atoms with E-state index in [-0.39, 0.29) is 11.1 Å². The molecule has 0 aliphatic carbocycles. The van der Waals surface area contributed by atoms with Crippen molar-refractivity contribution in [3.63, 3.8) is 0 Å². The van der Waals surface area contributed by atoms with Crippen LogP contribution in [0.3, 0.4) is 0 Å². The maximum absolute atomic E-state index is 13.6. The SMILES string of the molecule is O=C(NCc1ccc(Cn2ccccc2=O)cc1)c1ccccc1F. The first-order chi connectivity index (χ1) is 12.1. The van der Waals surface area contributed by atoms with Gasteiger partial charge in [0.2, 0.25) is 0 Å². The van der Waals surface area contributed by atoms with Gasteiger partial charge in [0.25, 0.3) is 11.5 Å². The van der Waals surface area contributed by atoms with Crippen LogP contribution in [0.4, 0.5) is 4.39 Å². The Morgan fingerprint density at radius 3 is 2.32 bits per heavy atom. The summed E-state index contributed by atoms with van der Waals surface area (Å²) in [6.45, 7) is 0.792. The van der Waals surface area contributed by atoms with Crippen molar-refractivity contribution < 1.29 is 9.18 Å². The largest absolute Gasteiger partial charge is 0.348 e. The molecule has 5 heteroatoms. The summed E-state index contributed by atoms with van der Waals surface area (Å²) < 4.78 is 15.2. The molecule has 1 amide bonds. The number of nitrogens with zero attached hydrogens (tertiary/aromatic N) is 1. The van der Waals surface area contributed by atoms with Crippen LogP contribution in [0, 0.1) is 5.82 Å². The zero-order chi connectivity index (χ0) is 17.6. The maximum atomic E-state index is 13.6. The van der Waals surface area contributed by atoms with Crippen LogP contribution in [0.15, 0.2) is 77.7 Å². The van der Waals surface area contributed by atoms with Gasteiger partial charge in [-0.15, -0.1) is 0 Å². The molecule has 2 aromatic carbocycles.